The highest BCUT2D eigenvalue weighted by molar-refractivity contribution is 6.33. The molecule has 0 saturated carbocycles. The average Bonchev–Trinajstić information content (AvgIpc) is 2.46. The summed E-state index contributed by atoms with van der Waals surface area (Å²) in [5.41, 5.74) is 0.463. The van der Waals surface area contributed by atoms with Crippen molar-refractivity contribution in [3.8, 4) is 0 Å². The van der Waals surface area contributed by atoms with Crippen molar-refractivity contribution in [2.24, 2.45) is 5.92 Å². The molecule has 0 unspecified atom stereocenters. The van der Waals surface area contributed by atoms with Gasteiger partial charge in [-0.05, 0) is 25.0 Å². The molecule has 0 atom stereocenters. The molecular weight excluding hydrogens is 282 g/mol. The number of nitro benzene ring substituents is 1. The van der Waals surface area contributed by atoms with Crippen molar-refractivity contribution in [3.63, 3.8) is 0 Å². The average molecular weight is 298 g/mol. The quantitative estimate of drug-likeness (QED) is 0.685. The summed E-state index contributed by atoms with van der Waals surface area (Å²) in [6, 6.07) is 4.92. The lowest BCUT2D eigenvalue weighted by molar-refractivity contribution is -0.384. The van der Waals surface area contributed by atoms with Crippen LogP contribution in [0.2, 0.25) is 5.02 Å². The Kier molecular flexibility index (Phi) is 4.44. The molecule has 1 N–H and O–H groups in total. The van der Waals surface area contributed by atoms with Crippen molar-refractivity contribution < 1.29 is 9.72 Å². The van der Waals surface area contributed by atoms with E-state index in [1.165, 1.54) is 6.07 Å². The molecular formula is C13H16ClN3O3. The Hall–Kier alpha value is -1.82. The first kappa shape index (κ1) is 14.6. The zero-order valence-corrected chi connectivity index (χ0v) is 11.9. The first-order valence-corrected chi connectivity index (χ1v) is 6.82. The number of rotatable bonds is 3. The highest BCUT2D eigenvalue weighted by Crippen LogP contribution is 2.36. The Morgan fingerprint density at radius 3 is 2.65 bits per heavy atom. The molecule has 0 bridgehead atoms. The molecule has 20 heavy (non-hydrogen) atoms. The lowest BCUT2D eigenvalue weighted by Crippen LogP contribution is -2.39. The van der Waals surface area contributed by atoms with Gasteiger partial charge in [0.05, 0.1) is 4.92 Å². The van der Waals surface area contributed by atoms with E-state index in [9.17, 15) is 14.9 Å². The second-order valence-electron chi connectivity index (χ2n) is 4.74. The van der Waals surface area contributed by atoms with Crippen molar-refractivity contribution in [1.82, 2.24) is 5.32 Å². The van der Waals surface area contributed by atoms with E-state index in [2.05, 4.69) is 5.32 Å². The van der Waals surface area contributed by atoms with Gasteiger partial charge in [0, 0.05) is 26.1 Å². The number of carbonyl (C=O) groups is 1. The predicted octanol–water partition coefficient (Wildman–Crippen LogP) is 2.21. The largest absolute Gasteiger partial charge is 0.366 e. The molecule has 1 aliphatic rings. The monoisotopic (exact) mass is 297 g/mol. The summed E-state index contributed by atoms with van der Waals surface area (Å²) in [6.45, 7) is 1.22. The van der Waals surface area contributed by atoms with Crippen LogP contribution in [0, 0.1) is 16.0 Å². The third-order valence-electron chi connectivity index (χ3n) is 3.60. The molecule has 1 aromatic rings. The minimum absolute atomic E-state index is 0.0190. The third-order valence-corrected chi connectivity index (χ3v) is 3.91. The van der Waals surface area contributed by atoms with Crippen LogP contribution < -0.4 is 10.2 Å². The van der Waals surface area contributed by atoms with Gasteiger partial charge in [0.25, 0.3) is 0 Å². The van der Waals surface area contributed by atoms with Gasteiger partial charge in [0.1, 0.15) is 10.7 Å². The zero-order chi connectivity index (χ0) is 14.7. The van der Waals surface area contributed by atoms with Crippen LogP contribution in [0.3, 0.4) is 0 Å². The fourth-order valence-electron chi connectivity index (χ4n) is 2.53. The molecule has 108 valence electrons. The molecule has 0 aliphatic carbocycles. The summed E-state index contributed by atoms with van der Waals surface area (Å²) in [6.07, 6.45) is 1.37. The fourth-order valence-corrected chi connectivity index (χ4v) is 2.77. The number of anilines is 1. The van der Waals surface area contributed by atoms with Gasteiger partial charge in [0.15, 0.2) is 0 Å². The molecule has 7 heteroatoms. The van der Waals surface area contributed by atoms with Gasteiger partial charge in [-0.2, -0.15) is 0 Å². The Balaban J connectivity index is 2.17. The SMILES string of the molecule is CNC(=O)C1CCN(c2cccc(Cl)c2[N+](=O)[O-])CC1. The lowest BCUT2D eigenvalue weighted by Gasteiger charge is -2.32. The highest BCUT2D eigenvalue weighted by Gasteiger charge is 2.28. The first-order chi connectivity index (χ1) is 9.54. The van der Waals surface area contributed by atoms with Gasteiger partial charge in [-0.25, -0.2) is 0 Å². The number of piperidine rings is 1. The number of halogens is 1. The maximum atomic E-state index is 11.6. The second kappa shape index (κ2) is 6.09. The second-order valence-corrected chi connectivity index (χ2v) is 5.15. The van der Waals surface area contributed by atoms with E-state index in [1.807, 2.05) is 4.90 Å². The van der Waals surface area contributed by atoms with Gasteiger partial charge in [-0.3, -0.25) is 14.9 Å². The van der Waals surface area contributed by atoms with Gasteiger partial charge < -0.3 is 10.2 Å². The number of nitro groups is 1. The van der Waals surface area contributed by atoms with Crippen molar-refractivity contribution in [3.05, 3.63) is 33.3 Å². The number of hydrogen-bond donors (Lipinski definition) is 1. The van der Waals surface area contributed by atoms with Crippen molar-refractivity contribution >= 4 is 28.9 Å². The van der Waals surface area contributed by atoms with E-state index in [-0.39, 0.29) is 22.5 Å². The smallest absolute Gasteiger partial charge is 0.310 e. The van der Waals surface area contributed by atoms with Crippen LogP contribution >= 0.6 is 11.6 Å². The van der Waals surface area contributed by atoms with Crippen LogP contribution in [0.5, 0.6) is 0 Å². The number of hydrogen-bond acceptors (Lipinski definition) is 4. The van der Waals surface area contributed by atoms with Crippen molar-refractivity contribution in [2.75, 3.05) is 25.0 Å². The van der Waals surface area contributed by atoms with Crippen LogP contribution in [0.15, 0.2) is 18.2 Å². The zero-order valence-electron chi connectivity index (χ0n) is 11.1. The minimum Gasteiger partial charge on any atom is -0.366 e. The molecule has 1 fully saturated rings. The Bertz CT molecular complexity index is 528. The summed E-state index contributed by atoms with van der Waals surface area (Å²) in [5.74, 6) is 0.0136. The van der Waals surface area contributed by atoms with Crippen LogP contribution in [-0.2, 0) is 4.79 Å². The van der Waals surface area contributed by atoms with E-state index >= 15 is 0 Å². The predicted molar refractivity (Wildman–Crippen MR) is 77.1 cm³/mol. The standard InChI is InChI=1S/C13H16ClN3O3/c1-15-13(18)9-5-7-16(8-6-9)11-4-2-3-10(14)12(11)17(19)20/h2-4,9H,5-8H2,1H3,(H,15,18). The molecule has 0 aromatic heterocycles. The van der Waals surface area contributed by atoms with E-state index in [0.29, 0.717) is 31.6 Å². The fraction of sp³-hybridized carbons (Fsp3) is 0.462. The maximum absolute atomic E-state index is 11.6. The number of amides is 1. The summed E-state index contributed by atoms with van der Waals surface area (Å²) in [7, 11) is 1.62. The molecule has 0 spiro atoms. The minimum atomic E-state index is -0.456. The molecule has 1 saturated heterocycles. The summed E-state index contributed by atoms with van der Waals surface area (Å²) in [4.78, 5) is 24.2. The number of carbonyl (C=O) groups excluding carboxylic acids is 1. The topological polar surface area (TPSA) is 75.5 Å². The lowest BCUT2D eigenvalue weighted by atomic mass is 9.95. The Labute approximate surface area is 121 Å². The molecule has 2 rings (SSSR count). The number of nitrogens with one attached hydrogen (secondary N) is 1. The molecule has 6 nitrogen and oxygen atoms in total. The maximum Gasteiger partial charge on any atom is 0.310 e. The van der Waals surface area contributed by atoms with Gasteiger partial charge in [0.2, 0.25) is 5.91 Å². The van der Waals surface area contributed by atoms with Crippen LogP contribution in [0.1, 0.15) is 12.8 Å². The Morgan fingerprint density at radius 2 is 2.10 bits per heavy atom. The van der Waals surface area contributed by atoms with Crippen LogP contribution in [0.4, 0.5) is 11.4 Å². The summed E-state index contributed by atoms with van der Waals surface area (Å²) in [5, 5.41) is 13.9. The number of nitrogens with zero attached hydrogens (tertiary/aromatic N) is 2. The molecule has 1 heterocycles. The van der Waals surface area contributed by atoms with E-state index in [0.717, 1.165) is 0 Å². The van der Waals surface area contributed by atoms with E-state index in [4.69, 9.17) is 11.6 Å². The molecule has 1 amide bonds. The van der Waals surface area contributed by atoms with Crippen LogP contribution in [0.25, 0.3) is 0 Å². The summed E-state index contributed by atoms with van der Waals surface area (Å²) >= 11 is 5.91. The van der Waals surface area contributed by atoms with Crippen LogP contribution in [-0.4, -0.2) is 31.0 Å². The number of benzene rings is 1. The van der Waals surface area contributed by atoms with Gasteiger partial charge >= 0.3 is 5.69 Å². The normalized spacial score (nSPS) is 16.0. The first-order valence-electron chi connectivity index (χ1n) is 6.44. The third kappa shape index (κ3) is 2.85. The number of para-hydroxylation sites is 1. The van der Waals surface area contributed by atoms with Crippen molar-refractivity contribution in [2.45, 2.75) is 12.8 Å². The molecule has 0 radical (unpaired) electrons. The van der Waals surface area contributed by atoms with Gasteiger partial charge in [-0.1, -0.05) is 17.7 Å². The highest BCUT2D eigenvalue weighted by atomic mass is 35.5. The van der Waals surface area contributed by atoms with E-state index < -0.39 is 4.92 Å². The summed E-state index contributed by atoms with van der Waals surface area (Å²) < 4.78 is 0. The molecule has 1 aliphatic heterocycles. The van der Waals surface area contributed by atoms with E-state index in [1.54, 1.807) is 19.2 Å². The molecule has 1 aromatic carbocycles. The van der Waals surface area contributed by atoms with Crippen molar-refractivity contribution in [1.29, 1.82) is 0 Å². The van der Waals surface area contributed by atoms with Gasteiger partial charge in [-0.15, -0.1) is 0 Å². The Morgan fingerprint density at radius 1 is 1.45 bits per heavy atom.